The first-order valence-electron chi connectivity index (χ1n) is 6.88. The molecule has 0 radical (unpaired) electrons. The summed E-state index contributed by atoms with van der Waals surface area (Å²) in [5.74, 6) is -0.307. The van der Waals surface area contributed by atoms with E-state index in [0.29, 0.717) is 6.04 Å². The number of rotatable bonds is 4. The molecule has 1 aliphatic carbocycles. The van der Waals surface area contributed by atoms with Crippen LogP contribution in [0.25, 0.3) is 0 Å². The van der Waals surface area contributed by atoms with Gasteiger partial charge in [-0.25, -0.2) is 4.39 Å². The van der Waals surface area contributed by atoms with Gasteiger partial charge in [-0.2, -0.15) is 0 Å². The van der Waals surface area contributed by atoms with Crippen molar-refractivity contribution in [3.8, 4) is 0 Å². The lowest BCUT2D eigenvalue weighted by Gasteiger charge is -2.28. The van der Waals surface area contributed by atoms with Crippen molar-refractivity contribution in [3.05, 3.63) is 35.6 Å². The number of carbonyl (C=O) groups is 1. The maximum atomic E-state index is 13.0. The Hall–Kier alpha value is -1.42. The molecule has 0 spiro atoms. The highest BCUT2D eigenvalue weighted by Crippen LogP contribution is 2.18. The minimum atomic E-state index is -0.292. The van der Waals surface area contributed by atoms with Crippen molar-refractivity contribution < 1.29 is 9.18 Å². The number of hydrogen-bond acceptors (Lipinski definition) is 2. The fraction of sp³-hybridized carbons (Fsp3) is 0.533. The van der Waals surface area contributed by atoms with Crippen LogP contribution in [0.3, 0.4) is 0 Å². The minimum absolute atomic E-state index is 0.0153. The minimum Gasteiger partial charge on any atom is -0.353 e. The lowest BCUT2D eigenvalue weighted by molar-refractivity contribution is -0.121. The Balaban J connectivity index is 1.79. The third kappa shape index (κ3) is 4.31. The molecule has 1 aliphatic rings. The van der Waals surface area contributed by atoms with Gasteiger partial charge in [0.2, 0.25) is 5.91 Å². The fourth-order valence-electron chi connectivity index (χ4n) is 2.64. The Morgan fingerprint density at radius 1 is 1.26 bits per heavy atom. The van der Waals surface area contributed by atoms with Gasteiger partial charge >= 0.3 is 0 Å². The summed E-state index contributed by atoms with van der Waals surface area (Å²) in [5.41, 5.74) is 0.724. The van der Waals surface area contributed by atoms with Gasteiger partial charge in [0.05, 0.1) is 6.42 Å². The van der Waals surface area contributed by atoms with E-state index in [1.807, 2.05) is 7.05 Å². The number of halogens is 1. The lowest BCUT2D eigenvalue weighted by atomic mass is 9.91. The Bertz CT molecular complexity index is 428. The van der Waals surface area contributed by atoms with Crippen LogP contribution in [-0.4, -0.2) is 25.0 Å². The Labute approximate surface area is 113 Å². The fourth-order valence-corrected chi connectivity index (χ4v) is 2.64. The van der Waals surface area contributed by atoms with Crippen LogP contribution in [0.1, 0.15) is 31.2 Å². The first-order valence-corrected chi connectivity index (χ1v) is 6.88. The van der Waals surface area contributed by atoms with Gasteiger partial charge in [0.25, 0.3) is 0 Å². The van der Waals surface area contributed by atoms with E-state index in [0.717, 1.165) is 31.2 Å². The zero-order chi connectivity index (χ0) is 13.7. The smallest absolute Gasteiger partial charge is 0.224 e. The largest absolute Gasteiger partial charge is 0.353 e. The molecule has 1 saturated carbocycles. The second-order valence-electron chi connectivity index (χ2n) is 5.21. The summed E-state index contributed by atoms with van der Waals surface area (Å²) in [5, 5.41) is 6.31. The Kier molecular flexibility index (Phi) is 4.91. The number of benzene rings is 1. The van der Waals surface area contributed by atoms with E-state index in [1.165, 1.54) is 12.1 Å². The zero-order valence-corrected chi connectivity index (χ0v) is 11.3. The van der Waals surface area contributed by atoms with E-state index >= 15 is 0 Å². The molecule has 0 saturated heterocycles. The lowest BCUT2D eigenvalue weighted by Crippen LogP contribution is -2.41. The molecule has 104 valence electrons. The SMILES string of the molecule is CNC1CCC(NC(=O)Cc2cccc(F)c2)CC1. The molecule has 0 atom stereocenters. The molecule has 1 aromatic carbocycles. The monoisotopic (exact) mass is 264 g/mol. The van der Waals surface area contributed by atoms with Crippen molar-refractivity contribution in [2.24, 2.45) is 0 Å². The molecule has 0 heterocycles. The van der Waals surface area contributed by atoms with Crippen LogP contribution >= 0.6 is 0 Å². The molecule has 0 aromatic heterocycles. The van der Waals surface area contributed by atoms with Crippen molar-refractivity contribution in [2.45, 2.75) is 44.2 Å². The summed E-state index contributed by atoms with van der Waals surface area (Å²) in [6.07, 6.45) is 4.48. The Morgan fingerprint density at radius 3 is 2.58 bits per heavy atom. The maximum Gasteiger partial charge on any atom is 0.224 e. The molecular weight excluding hydrogens is 243 g/mol. The van der Waals surface area contributed by atoms with Gasteiger partial charge in [0.15, 0.2) is 0 Å². The first-order chi connectivity index (χ1) is 9.17. The second-order valence-corrected chi connectivity index (χ2v) is 5.21. The standard InChI is InChI=1S/C15H21FN2O/c1-17-13-5-7-14(8-6-13)18-15(19)10-11-3-2-4-12(16)9-11/h2-4,9,13-14,17H,5-8,10H2,1H3,(H,18,19). The van der Waals surface area contributed by atoms with E-state index in [2.05, 4.69) is 10.6 Å². The van der Waals surface area contributed by atoms with Gasteiger partial charge in [0, 0.05) is 12.1 Å². The van der Waals surface area contributed by atoms with Gasteiger partial charge in [-0.1, -0.05) is 12.1 Å². The van der Waals surface area contributed by atoms with Crippen LogP contribution in [0.5, 0.6) is 0 Å². The van der Waals surface area contributed by atoms with Gasteiger partial charge < -0.3 is 10.6 Å². The normalized spacial score (nSPS) is 23.1. The van der Waals surface area contributed by atoms with Gasteiger partial charge in [-0.3, -0.25) is 4.79 Å². The van der Waals surface area contributed by atoms with E-state index in [4.69, 9.17) is 0 Å². The van der Waals surface area contributed by atoms with Crippen molar-refractivity contribution in [1.29, 1.82) is 0 Å². The second kappa shape index (κ2) is 6.66. The Morgan fingerprint density at radius 2 is 1.95 bits per heavy atom. The molecule has 0 aliphatic heterocycles. The van der Waals surface area contributed by atoms with E-state index in [9.17, 15) is 9.18 Å². The number of amides is 1. The zero-order valence-electron chi connectivity index (χ0n) is 11.3. The summed E-state index contributed by atoms with van der Waals surface area (Å²) in [7, 11) is 1.98. The van der Waals surface area contributed by atoms with Crippen molar-refractivity contribution >= 4 is 5.91 Å². The van der Waals surface area contributed by atoms with Crippen LogP contribution in [0.2, 0.25) is 0 Å². The average molecular weight is 264 g/mol. The summed E-state index contributed by atoms with van der Waals surface area (Å²) < 4.78 is 13.0. The van der Waals surface area contributed by atoms with Crippen LogP contribution in [0.4, 0.5) is 4.39 Å². The quantitative estimate of drug-likeness (QED) is 0.873. The van der Waals surface area contributed by atoms with E-state index in [-0.39, 0.29) is 24.2 Å². The molecule has 1 fully saturated rings. The van der Waals surface area contributed by atoms with Crippen LogP contribution in [-0.2, 0) is 11.2 Å². The summed E-state index contributed by atoms with van der Waals surface area (Å²) in [6, 6.07) is 7.07. The van der Waals surface area contributed by atoms with Gasteiger partial charge in [0.1, 0.15) is 5.82 Å². The van der Waals surface area contributed by atoms with Crippen molar-refractivity contribution in [2.75, 3.05) is 7.05 Å². The molecule has 2 N–H and O–H groups in total. The topological polar surface area (TPSA) is 41.1 Å². The van der Waals surface area contributed by atoms with Crippen LogP contribution in [0.15, 0.2) is 24.3 Å². The highest BCUT2D eigenvalue weighted by molar-refractivity contribution is 5.78. The number of nitrogens with one attached hydrogen (secondary N) is 2. The van der Waals surface area contributed by atoms with Crippen LogP contribution in [0, 0.1) is 5.82 Å². The summed E-state index contributed by atoms with van der Waals surface area (Å²) >= 11 is 0. The third-order valence-corrected chi connectivity index (χ3v) is 3.75. The third-order valence-electron chi connectivity index (χ3n) is 3.75. The number of hydrogen-bond donors (Lipinski definition) is 2. The molecule has 1 amide bonds. The predicted octanol–water partition coefficient (Wildman–Crippen LogP) is 2.01. The van der Waals surface area contributed by atoms with Crippen LogP contribution < -0.4 is 10.6 Å². The maximum absolute atomic E-state index is 13.0. The summed E-state index contributed by atoms with van der Waals surface area (Å²) in [4.78, 5) is 11.9. The van der Waals surface area contributed by atoms with Crippen molar-refractivity contribution in [3.63, 3.8) is 0 Å². The molecular formula is C15H21FN2O. The van der Waals surface area contributed by atoms with E-state index < -0.39 is 0 Å². The predicted molar refractivity (Wildman–Crippen MR) is 73.4 cm³/mol. The average Bonchev–Trinajstić information content (AvgIpc) is 2.39. The van der Waals surface area contributed by atoms with Gasteiger partial charge in [-0.15, -0.1) is 0 Å². The molecule has 4 heteroatoms. The highest BCUT2D eigenvalue weighted by Gasteiger charge is 2.21. The molecule has 0 bridgehead atoms. The molecule has 1 aromatic rings. The van der Waals surface area contributed by atoms with Crippen molar-refractivity contribution in [1.82, 2.24) is 10.6 Å². The van der Waals surface area contributed by atoms with Gasteiger partial charge in [-0.05, 0) is 50.4 Å². The molecule has 2 rings (SSSR count). The molecule has 0 unspecified atom stereocenters. The summed E-state index contributed by atoms with van der Waals surface area (Å²) in [6.45, 7) is 0. The van der Waals surface area contributed by atoms with E-state index in [1.54, 1.807) is 12.1 Å². The first kappa shape index (κ1) is 14.0. The molecule has 3 nitrogen and oxygen atoms in total. The molecule has 19 heavy (non-hydrogen) atoms. The highest BCUT2D eigenvalue weighted by atomic mass is 19.1. The number of carbonyl (C=O) groups excluding carboxylic acids is 1.